The molecule has 0 aromatic heterocycles. The first-order valence-electron chi connectivity index (χ1n) is 6.29. The summed E-state index contributed by atoms with van der Waals surface area (Å²) in [5.41, 5.74) is 1.12. The summed E-state index contributed by atoms with van der Waals surface area (Å²) in [5, 5.41) is 11.5. The van der Waals surface area contributed by atoms with Gasteiger partial charge in [0.2, 0.25) is 5.91 Å². The number of benzene rings is 1. The second-order valence-corrected chi connectivity index (χ2v) is 4.40. The number of nitrogens with zero attached hydrogens (tertiary/aromatic N) is 1. The Morgan fingerprint density at radius 1 is 1.32 bits per heavy atom. The summed E-state index contributed by atoms with van der Waals surface area (Å²) >= 11 is 0. The summed E-state index contributed by atoms with van der Waals surface area (Å²) in [5.74, 6) is -1.34. The minimum atomic E-state index is -1.01. The average Bonchev–Trinajstić information content (AvgIpc) is 2.37. The minimum absolute atomic E-state index is 0.292. The number of carbonyl (C=O) groups is 2. The predicted octanol–water partition coefficient (Wildman–Crippen LogP) is 1.10. The Bertz CT molecular complexity index is 420. The number of carbonyl (C=O) groups excluding carboxylic acids is 1. The van der Waals surface area contributed by atoms with Crippen LogP contribution in [-0.2, 0) is 16.1 Å². The predicted molar refractivity (Wildman–Crippen MR) is 72.6 cm³/mol. The van der Waals surface area contributed by atoms with Crippen LogP contribution >= 0.6 is 0 Å². The number of amides is 1. The van der Waals surface area contributed by atoms with E-state index in [-0.39, 0.29) is 5.91 Å². The van der Waals surface area contributed by atoms with Crippen molar-refractivity contribution in [2.75, 3.05) is 13.1 Å². The Balaban J connectivity index is 2.63. The van der Waals surface area contributed by atoms with Crippen molar-refractivity contribution in [3.63, 3.8) is 0 Å². The van der Waals surface area contributed by atoms with Crippen molar-refractivity contribution in [2.24, 2.45) is 0 Å². The summed E-state index contributed by atoms with van der Waals surface area (Å²) in [7, 11) is 0. The quantitative estimate of drug-likeness (QED) is 0.773. The zero-order valence-corrected chi connectivity index (χ0v) is 11.3. The Kier molecular flexibility index (Phi) is 6.02. The van der Waals surface area contributed by atoms with Crippen molar-refractivity contribution < 1.29 is 14.7 Å². The van der Waals surface area contributed by atoms with Crippen LogP contribution < -0.4 is 5.32 Å². The first-order valence-corrected chi connectivity index (χ1v) is 6.29. The summed E-state index contributed by atoms with van der Waals surface area (Å²) in [4.78, 5) is 24.1. The van der Waals surface area contributed by atoms with Crippen molar-refractivity contribution in [1.82, 2.24) is 10.2 Å². The van der Waals surface area contributed by atoms with Gasteiger partial charge in [-0.15, -0.1) is 0 Å². The van der Waals surface area contributed by atoms with Crippen LogP contribution in [0.2, 0.25) is 0 Å². The van der Waals surface area contributed by atoms with Gasteiger partial charge in [-0.05, 0) is 12.1 Å². The van der Waals surface area contributed by atoms with Gasteiger partial charge in [0.1, 0.15) is 6.04 Å². The molecule has 0 heterocycles. The molecule has 0 saturated heterocycles. The largest absolute Gasteiger partial charge is 0.480 e. The molecule has 19 heavy (non-hydrogen) atoms. The molecule has 0 fully saturated rings. The van der Waals surface area contributed by atoms with Gasteiger partial charge in [-0.25, -0.2) is 4.79 Å². The lowest BCUT2D eigenvalue weighted by atomic mass is 10.2. The molecule has 1 atom stereocenters. The molecule has 0 saturated carbocycles. The topological polar surface area (TPSA) is 69.6 Å². The first-order chi connectivity index (χ1) is 9.02. The molecule has 0 bridgehead atoms. The maximum absolute atomic E-state index is 11.1. The van der Waals surface area contributed by atoms with E-state index in [1.165, 1.54) is 6.92 Å². The standard InChI is InChI=1S/C14H20N2O3/c1-3-16(9-12-7-5-4-6-8-12)10-13(14(18)19)15-11(2)17/h4-8,13H,3,9-10H2,1-2H3,(H,15,17)(H,18,19). The highest BCUT2D eigenvalue weighted by atomic mass is 16.4. The molecule has 0 aliphatic carbocycles. The van der Waals surface area contributed by atoms with E-state index < -0.39 is 12.0 Å². The SMILES string of the molecule is CCN(Cc1ccccc1)CC(NC(C)=O)C(=O)O. The molecular weight excluding hydrogens is 244 g/mol. The zero-order chi connectivity index (χ0) is 14.3. The molecule has 0 aliphatic rings. The number of hydrogen-bond donors (Lipinski definition) is 2. The van der Waals surface area contributed by atoms with Crippen LogP contribution in [-0.4, -0.2) is 41.0 Å². The van der Waals surface area contributed by atoms with Gasteiger partial charge < -0.3 is 10.4 Å². The number of rotatable bonds is 7. The number of carboxylic acid groups (broad SMARTS) is 1. The Labute approximate surface area is 113 Å². The van der Waals surface area contributed by atoms with Crippen molar-refractivity contribution in [3.8, 4) is 0 Å². The maximum Gasteiger partial charge on any atom is 0.327 e. The smallest absolute Gasteiger partial charge is 0.327 e. The molecule has 1 rings (SSSR count). The van der Waals surface area contributed by atoms with E-state index in [4.69, 9.17) is 5.11 Å². The van der Waals surface area contributed by atoms with Gasteiger partial charge in [-0.2, -0.15) is 0 Å². The van der Waals surface area contributed by atoms with E-state index in [2.05, 4.69) is 5.32 Å². The van der Waals surface area contributed by atoms with Crippen LogP contribution in [0.3, 0.4) is 0 Å². The molecule has 2 N–H and O–H groups in total. The lowest BCUT2D eigenvalue weighted by molar-refractivity contribution is -0.142. The molecule has 1 amide bonds. The molecule has 0 spiro atoms. The fraction of sp³-hybridized carbons (Fsp3) is 0.429. The van der Waals surface area contributed by atoms with Crippen LogP contribution in [0.1, 0.15) is 19.4 Å². The van der Waals surface area contributed by atoms with Crippen LogP contribution in [0.5, 0.6) is 0 Å². The summed E-state index contributed by atoms with van der Waals surface area (Å²) < 4.78 is 0. The summed E-state index contributed by atoms with van der Waals surface area (Å²) in [6.45, 7) is 4.97. The van der Waals surface area contributed by atoms with Gasteiger partial charge in [-0.1, -0.05) is 37.3 Å². The van der Waals surface area contributed by atoms with Crippen LogP contribution in [0.4, 0.5) is 0 Å². The van der Waals surface area contributed by atoms with Gasteiger partial charge in [0, 0.05) is 20.0 Å². The average molecular weight is 264 g/mol. The third-order valence-corrected chi connectivity index (χ3v) is 2.81. The number of aliphatic carboxylic acids is 1. The van der Waals surface area contributed by atoms with Crippen molar-refractivity contribution in [1.29, 1.82) is 0 Å². The van der Waals surface area contributed by atoms with E-state index in [0.717, 1.165) is 12.1 Å². The van der Waals surface area contributed by atoms with Crippen LogP contribution in [0.15, 0.2) is 30.3 Å². The number of hydrogen-bond acceptors (Lipinski definition) is 3. The van der Waals surface area contributed by atoms with Gasteiger partial charge in [0.15, 0.2) is 0 Å². The van der Waals surface area contributed by atoms with Gasteiger partial charge >= 0.3 is 5.97 Å². The lowest BCUT2D eigenvalue weighted by Gasteiger charge is -2.24. The minimum Gasteiger partial charge on any atom is -0.480 e. The fourth-order valence-electron chi connectivity index (χ4n) is 1.84. The van der Waals surface area contributed by atoms with Gasteiger partial charge in [0.25, 0.3) is 0 Å². The third kappa shape index (κ3) is 5.52. The van der Waals surface area contributed by atoms with Gasteiger partial charge in [0.05, 0.1) is 0 Å². The molecule has 1 aromatic carbocycles. The Hall–Kier alpha value is -1.88. The fourth-order valence-corrected chi connectivity index (χ4v) is 1.84. The second kappa shape index (κ2) is 7.53. The maximum atomic E-state index is 11.1. The molecule has 1 aromatic rings. The van der Waals surface area contributed by atoms with E-state index in [9.17, 15) is 9.59 Å². The summed E-state index contributed by atoms with van der Waals surface area (Å²) in [6, 6.07) is 8.96. The van der Waals surface area contributed by atoms with Crippen LogP contribution in [0.25, 0.3) is 0 Å². The van der Waals surface area contributed by atoms with E-state index in [1.807, 2.05) is 42.2 Å². The van der Waals surface area contributed by atoms with Crippen LogP contribution in [0, 0.1) is 0 Å². The molecule has 0 radical (unpaired) electrons. The van der Waals surface area contributed by atoms with Crippen molar-refractivity contribution in [2.45, 2.75) is 26.4 Å². The zero-order valence-electron chi connectivity index (χ0n) is 11.3. The Morgan fingerprint density at radius 2 is 1.95 bits per heavy atom. The molecule has 0 aliphatic heterocycles. The van der Waals surface area contributed by atoms with E-state index in [0.29, 0.717) is 13.1 Å². The summed E-state index contributed by atoms with van der Waals surface area (Å²) in [6.07, 6.45) is 0. The molecule has 5 nitrogen and oxygen atoms in total. The highest BCUT2D eigenvalue weighted by Crippen LogP contribution is 2.05. The number of carboxylic acids is 1. The van der Waals surface area contributed by atoms with E-state index in [1.54, 1.807) is 0 Å². The Morgan fingerprint density at radius 3 is 2.42 bits per heavy atom. The number of likely N-dealkylation sites (N-methyl/N-ethyl adjacent to an activating group) is 1. The van der Waals surface area contributed by atoms with E-state index >= 15 is 0 Å². The molecule has 104 valence electrons. The highest BCUT2D eigenvalue weighted by Gasteiger charge is 2.21. The molecule has 5 heteroatoms. The monoisotopic (exact) mass is 264 g/mol. The second-order valence-electron chi connectivity index (χ2n) is 4.40. The van der Waals surface area contributed by atoms with Crippen molar-refractivity contribution >= 4 is 11.9 Å². The first kappa shape index (κ1) is 15.2. The third-order valence-electron chi connectivity index (χ3n) is 2.81. The highest BCUT2D eigenvalue weighted by molar-refractivity contribution is 5.82. The van der Waals surface area contributed by atoms with Crippen molar-refractivity contribution in [3.05, 3.63) is 35.9 Å². The van der Waals surface area contributed by atoms with Gasteiger partial charge in [-0.3, -0.25) is 9.69 Å². The lowest BCUT2D eigenvalue weighted by Crippen LogP contribution is -2.47. The number of nitrogens with one attached hydrogen (secondary N) is 1. The normalized spacial score (nSPS) is 12.2. The molecule has 1 unspecified atom stereocenters. The molecular formula is C14H20N2O3.